The summed E-state index contributed by atoms with van der Waals surface area (Å²) >= 11 is 0. The molecule has 2 N–H and O–H groups in total. The summed E-state index contributed by atoms with van der Waals surface area (Å²) in [6, 6.07) is 7.78. The van der Waals surface area contributed by atoms with Gasteiger partial charge in [-0.1, -0.05) is 18.2 Å². The summed E-state index contributed by atoms with van der Waals surface area (Å²) in [6.45, 7) is 2.77. The normalized spacial score (nSPS) is 12.8. The van der Waals surface area contributed by atoms with Gasteiger partial charge in [0.05, 0.1) is 0 Å². The molecule has 1 rings (SSSR count). The van der Waals surface area contributed by atoms with E-state index < -0.39 is 6.10 Å². The zero-order chi connectivity index (χ0) is 12.0. The van der Waals surface area contributed by atoms with Crippen molar-refractivity contribution in [2.24, 2.45) is 0 Å². The number of aliphatic hydroxyl groups is 1. The van der Waals surface area contributed by atoms with Crippen LogP contribution in [0.15, 0.2) is 24.3 Å². The second kappa shape index (κ2) is 6.48. The van der Waals surface area contributed by atoms with Gasteiger partial charge < -0.3 is 9.84 Å². The Kier molecular flexibility index (Phi) is 5.25. The number of hydrazine groups is 1. The molecule has 0 aliphatic heterocycles. The van der Waals surface area contributed by atoms with Gasteiger partial charge in [-0.3, -0.25) is 10.4 Å². The first kappa shape index (κ1) is 13.0. The van der Waals surface area contributed by atoms with Crippen molar-refractivity contribution in [3.8, 4) is 5.75 Å². The molecule has 90 valence electrons. The summed E-state index contributed by atoms with van der Waals surface area (Å²) in [4.78, 5) is 0. The van der Waals surface area contributed by atoms with Crippen LogP contribution < -0.4 is 10.2 Å². The maximum atomic E-state index is 9.64. The van der Waals surface area contributed by atoms with Gasteiger partial charge in [-0.05, 0) is 18.6 Å². The largest absolute Gasteiger partial charge is 0.491 e. The van der Waals surface area contributed by atoms with Gasteiger partial charge in [-0.15, -0.1) is 0 Å². The number of rotatable bonds is 6. The van der Waals surface area contributed by atoms with Gasteiger partial charge >= 0.3 is 0 Å². The molecular weight excluding hydrogens is 204 g/mol. The maximum Gasteiger partial charge on any atom is 0.122 e. The van der Waals surface area contributed by atoms with Gasteiger partial charge in [-0.25, -0.2) is 0 Å². The maximum absolute atomic E-state index is 9.64. The topological polar surface area (TPSA) is 44.7 Å². The Morgan fingerprint density at radius 1 is 1.38 bits per heavy atom. The molecule has 0 heterocycles. The van der Waals surface area contributed by atoms with E-state index in [9.17, 15) is 5.11 Å². The van der Waals surface area contributed by atoms with Crippen molar-refractivity contribution in [2.45, 2.75) is 13.0 Å². The highest BCUT2D eigenvalue weighted by Gasteiger charge is 2.06. The number of para-hydroxylation sites is 1. The van der Waals surface area contributed by atoms with Crippen LogP contribution in [0.3, 0.4) is 0 Å². The number of hydrogen-bond acceptors (Lipinski definition) is 4. The summed E-state index contributed by atoms with van der Waals surface area (Å²) in [5, 5.41) is 11.4. The van der Waals surface area contributed by atoms with Gasteiger partial charge in [0.1, 0.15) is 18.5 Å². The average Bonchev–Trinajstić information content (AvgIpc) is 2.25. The van der Waals surface area contributed by atoms with E-state index in [0.717, 1.165) is 11.3 Å². The molecule has 0 saturated carbocycles. The molecule has 0 aliphatic carbocycles. The molecule has 4 heteroatoms. The van der Waals surface area contributed by atoms with E-state index in [-0.39, 0.29) is 0 Å². The lowest BCUT2D eigenvalue weighted by Gasteiger charge is -2.17. The highest BCUT2D eigenvalue weighted by atomic mass is 16.5. The molecule has 0 bridgehead atoms. The third kappa shape index (κ3) is 4.61. The Balaban J connectivity index is 2.31. The van der Waals surface area contributed by atoms with Crippen molar-refractivity contribution in [3.05, 3.63) is 29.8 Å². The smallest absolute Gasteiger partial charge is 0.122 e. The molecule has 0 aromatic heterocycles. The number of aryl methyl sites for hydroxylation is 1. The Morgan fingerprint density at radius 3 is 2.69 bits per heavy atom. The molecule has 1 aromatic rings. The van der Waals surface area contributed by atoms with E-state index in [1.165, 1.54) is 0 Å². The Labute approximate surface area is 96.8 Å². The first-order chi connectivity index (χ1) is 7.59. The SMILES string of the molecule is Cc1ccccc1OCC(O)CNN(C)C. The van der Waals surface area contributed by atoms with E-state index in [2.05, 4.69) is 5.43 Å². The summed E-state index contributed by atoms with van der Waals surface area (Å²) in [5.41, 5.74) is 4.08. The number of benzene rings is 1. The summed E-state index contributed by atoms with van der Waals surface area (Å²) < 4.78 is 5.52. The van der Waals surface area contributed by atoms with Crippen LogP contribution in [0.5, 0.6) is 5.75 Å². The van der Waals surface area contributed by atoms with Crippen LogP contribution in [0, 0.1) is 6.92 Å². The number of hydrogen-bond donors (Lipinski definition) is 2. The van der Waals surface area contributed by atoms with Gasteiger partial charge in [0, 0.05) is 20.6 Å². The third-order valence-corrected chi connectivity index (χ3v) is 2.17. The van der Waals surface area contributed by atoms with E-state index in [0.29, 0.717) is 13.2 Å². The van der Waals surface area contributed by atoms with Gasteiger partial charge in [-0.2, -0.15) is 0 Å². The third-order valence-electron chi connectivity index (χ3n) is 2.17. The van der Waals surface area contributed by atoms with Crippen molar-refractivity contribution in [1.29, 1.82) is 0 Å². The van der Waals surface area contributed by atoms with Crippen LogP contribution in [-0.4, -0.2) is 43.5 Å². The Hall–Kier alpha value is -1.10. The van der Waals surface area contributed by atoms with Crippen molar-refractivity contribution in [2.75, 3.05) is 27.2 Å². The van der Waals surface area contributed by atoms with Gasteiger partial charge in [0.2, 0.25) is 0 Å². The van der Waals surface area contributed by atoms with Crippen LogP contribution in [0.2, 0.25) is 0 Å². The molecule has 0 saturated heterocycles. The van der Waals surface area contributed by atoms with Crippen LogP contribution in [0.25, 0.3) is 0 Å². The van der Waals surface area contributed by atoms with Crippen molar-refractivity contribution in [3.63, 3.8) is 0 Å². The minimum Gasteiger partial charge on any atom is -0.491 e. The zero-order valence-electron chi connectivity index (χ0n) is 10.1. The molecule has 1 unspecified atom stereocenters. The molecule has 1 atom stereocenters. The first-order valence-electron chi connectivity index (χ1n) is 5.37. The van der Waals surface area contributed by atoms with Crippen LogP contribution >= 0.6 is 0 Å². The molecule has 0 radical (unpaired) electrons. The van der Waals surface area contributed by atoms with Crippen molar-refractivity contribution >= 4 is 0 Å². The fourth-order valence-electron chi connectivity index (χ4n) is 1.25. The van der Waals surface area contributed by atoms with E-state index in [1.807, 2.05) is 45.3 Å². The number of ether oxygens (including phenoxy) is 1. The highest BCUT2D eigenvalue weighted by molar-refractivity contribution is 5.31. The number of nitrogens with one attached hydrogen (secondary N) is 1. The van der Waals surface area contributed by atoms with Crippen LogP contribution in [0.1, 0.15) is 5.56 Å². The average molecular weight is 224 g/mol. The fourth-order valence-corrected chi connectivity index (χ4v) is 1.25. The lowest BCUT2D eigenvalue weighted by atomic mass is 10.2. The molecule has 0 spiro atoms. The van der Waals surface area contributed by atoms with Gasteiger partial charge in [0.25, 0.3) is 0 Å². The molecule has 0 fully saturated rings. The predicted molar refractivity (Wildman–Crippen MR) is 64.4 cm³/mol. The first-order valence-corrected chi connectivity index (χ1v) is 5.37. The van der Waals surface area contributed by atoms with Crippen molar-refractivity contribution < 1.29 is 9.84 Å². The molecular formula is C12H20N2O2. The molecule has 16 heavy (non-hydrogen) atoms. The lowest BCUT2D eigenvalue weighted by molar-refractivity contribution is 0.0881. The molecule has 0 aliphatic rings. The Morgan fingerprint density at radius 2 is 2.06 bits per heavy atom. The Bertz CT molecular complexity index is 316. The highest BCUT2D eigenvalue weighted by Crippen LogP contribution is 2.15. The van der Waals surface area contributed by atoms with Gasteiger partial charge in [0.15, 0.2) is 0 Å². The van der Waals surface area contributed by atoms with Crippen LogP contribution in [-0.2, 0) is 0 Å². The molecule has 1 aromatic carbocycles. The quantitative estimate of drug-likeness (QED) is 0.702. The van der Waals surface area contributed by atoms with E-state index >= 15 is 0 Å². The van der Waals surface area contributed by atoms with E-state index in [1.54, 1.807) is 5.01 Å². The second-order valence-corrected chi connectivity index (χ2v) is 3.99. The zero-order valence-corrected chi connectivity index (χ0v) is 10.1. The minimum absolute atomic E-state index is 0.297. The molecule has 4 nitrogen and oxygen atoms in total. The predicted octanol–water partition coefficient (Wildman–Crippen LogP) is 0.801. The van der Waals surface area contributed by atoms with Crippen molar-refractivity contribution in [1.82, 2.24) is 10.4 Å². The summed E-state index contributed by atoms with van der Waals surface area (Å²) in [6.07, 6.45) is -0.512. The number of aliphatic hydroxyl groups excluding tert-OH is 1. The minimum atomic E-state index is -0.512. The fraction of sp³-hybridized carbons (Fsp3) is 0.500. The summed E-state index contributed by atoms with van der Waals surface area (Å²) in [7, 11) is 3.77. The standard InChI is InChI=1S/C12H20N2O2/c1-10-6-4-5-7-12(10)16-9-11(15)8-13-14(2)3/h4-7,11,13,15H,8-9H2,1-3H3. The van der Waals surface area contributed by atoms with Crippen LogP contribution in [0.4, 0.5) is 0 Å². The lowest BCUT2D eigenvalue weighted by Crippen LogP contribution is -2.39. The molecule has 0 amide bonds. The van der Waals surface area contributed by atoms with E-state index in [4.69, 9.17) is 4.74 Å². The second-order valence-electron chi connectivity index (χ2n) is 3.99. The monoisotopic (exact) mass is 224 g/mol. The number of nitrogens with zero attached hydrogens (tertiary/aromatic N) is 1. The summed E-state index contributed by atoms with van der Waals surface area (Å²) in [5.74, 6) is 0.825.